The van der Waals surface area contributed by atoms with Crippen LogP contribution in [0.1, 0.15) is 69.4 Å². The molecule has 0 saturated carbocycles. The first-order chi connectivity index (χ1) is 28.9. The Balaban J connectivity index is 0.000000182. The van der Waals surface area contributed by atoms with Gasteiger partial charge in [-0.3, -0.25) is 9.59 Å². The second-order valence-corrected chi connectivity index (χ2v) is 15.1. The SMILES string of the molecule is N#Cc1cnc(CC2CCN(C(=O)c3ccc(-c4ccccc4F)cc3)CC2)[nH]1.O=C(c1ccc(-c2ccccc2F)cc1)N1CCC(Cc2ncc(C(F)(F)F)[nH]2)CC1. The molecule has 2 amide bonds. The van der Waals surface area contributed by atoms with Gasteiger partial charge < -0.3 is 19.8 Å². The lowest BCUT2D eigenvalue weighted by molar-refractivity contribution is -0.141. The molecule has 8 rings (SSSR count). The molecule has 0 aliphatic carbocycles. The molecule has 0 atom stereocenters. The Labute approximate surface area is 343 Å². The van der Waals surface area contributed by atoms with E-state index in [2.05, 4.69) is 26.0 Å². The third kappa shape index (κ3) is 10.1. The zero-order chi connectivity index (χ0) is 42.2. The number of nitrogens with one attached hydrogen (secondary N) is 2. The quantitative estimate of drug-likeness (QED) is 0.148. The van der Waals surface area contributed by atoms with Gasteiger partial charge in [-0.2, -0.15) is 18.4 Å². The van der Waals surface area contributed by atoms with Crippen LogP contribution < -0.4 is 0 Å². The summed E-state index contributed by atoms with van der Waals surface area (Å²) in [6.07, 6.45) is 2.36. The highest BCUT2D eigenvalue weighted by Gasteiger charge is 2.33. The first-order valence-electron chi connectivity index (χ1n) is 19.8. The van der Waals surface area contributed by atoms with Gasteiger partial charge >= 0.3 is 6.18 Å². The largest absolute Gasteiger partial charge is 0.432 e. The Morgan fingerprint density at radius 2 is 1.05 bits per heavy atom. The highest BCUT2D eigenvalue weighted by atomic mass is 19.4. The number of piperidine rings is 2. The molecule has 308 valence electrons. The Morgan fingerprint density at radius 1 is 0.633 bits per heavy atom. The van der Waals surface area contributed by atoms with E-state index in [0.717, 1.165) is 36.8 Å². The summed E-state index contributed by atoms with van der Waals surface area (Å²) in [7, 11) is 0. The van der Waals surface area contributed by atoms with Crippen LogP contribution in [0.3, 0.4) is 0 Å². The summed E-state index contributed by atoms with van der Waals surface area (Å²) in [5.41, 5.74) is 3.25. The number of aromatic amines is 2. The summed E-state index contributed by atoms with van der Waals surface area (Å²) in [6, 6.07) is 29.1. The topological polar surface area (TPSA) is 122 Å². The lowest BCUT2D eigenvalue weighted by Crippen LogP contribution is -2.39. The van der Waals surface area contributed by atoms with Gasteiger partial charge in [0, 0.05) is 61.3 Å². The van der Waals surface area contributed by atoms with E-state index in [-0.39, 0.29) is 29.4 Å². The molecule has 2 fully saturated rings. The maximum atomic E-state index is 13.9. The molecule has 14 heteroatoms. The van der Waals surface area contributed by atoms with Crippen LogP contribution in [0.25, 0.3) is 22.3 Å². The second-order valence-electron chi connectivity index (χ2n) is 15.1. The summed E-state index contributed by atoms with van der Waals surface area (Å²) in [5, 5.41) is 8.87. The fourth-order valence-electron chi connectivity index (χ4n) is 7.70. The third-order valence-electron chi connectivity index (χ3n) is 11.1. The smallest absolute Gasteiger partial charge is 0.339 e. The first kappa shape index (κ1) is 41.5. The van der Waals surface area contributed by atoms with Crippen molar-refractivity contribution in [1.82, 2.24) is 29.7 Å². The van der Waals surface area contributed by atoms with Crippen LogP contribution in [-0.2, 0) is 19.0 Å². The van der Waals surface area contributed by atoms with Gasteiger partial charge in [-0.1, -0.05) is 60.7 Å². The first-order valence-corrected chi connectivity index (χ1v) is 19.8. The molecule has 2 N–H and O–H groups in total. The predicted molar refractivity (Wildman–Crippen MR) is 215 cm³/mol. The minimum absolute atomic E-state index is 0.00768. The highest BCUT2D eigenvalue weighted by Crippen LogP contribution is 2.30. The molecule has 2 aliphatic heterocycles. The number of hydrogen-bond donors (Lipinski definition) is 2. The molecule has 0 bridgehead atoms. The Kier molecular flexibility index (Phi) is 12.8. The fraction of sp³-hybridized carbons (Fsp3) is 0.283. The number of alkyl halides is 3. The summed E-state index contributed by atoms with van der Waals surface area (Å²) in [6.45, 7) is 2.46. The van der Waals surface area contributed by atoms with Gasteiger partial charge in [-0.25, -0.2) is 18.7 Å². The summed E-state index contributed by atoms with van der Waals surface area (Å²) >= 11 is 0. The lowest BCUT2D eigenvalue weighted by Gasteiger charge is -2.31. The summed E-state index contributed by atoms with van der Waals surface area (Å²) in [5.74, 6) is 1.08. The number of aromatic nitrogens is 4. The van der Waals surface area contributed by atoms with Gasteiger partial charge in [0.05, 0.1) is 12.4 Å². The number of rotatable bonds is 8. The van der Waals surface area contributed by atoms with Crippen molar-refractivity contribution in [3.63, 3.8) is 0 Å². The number of benzene rings is 4. The second kappa shape index (κ2) is 18.5. The van der Waals surface area contributed by atoms with E-state index < -0.39 is 11.9 Å². The number of hydrogen-bond acceptors (Lipinski definition) is 5. The molecule has 4 aromatic carbocycles. The minimum atomic E-state index is -4.43. The molecule has 60 heavy (non-hydrogen) atoms. The molecule has 2 aliphatic rings. The maximum absolute atomic E-state index is 13.9. The highest BCUT2D eigenvalue weighted by molar-refractivity contribution is 5.95. The van der Waals surface area contributed by atoms with E-state index in [0.29, 0.717) is 90.7 Å². The van der Waals surface area contributed by atoms with E-state index >= 15 is 0 Å². The molecule has 0 spiro atoms. The average molecular weight is 820 g/mol. The number of H-pyrrole nitrogens is 2. The lowest BCUT2D eigenvalue weighted by atomic mass is 9.93. The van der Waals surface area contributed by atoms with Crippen LogP contribution in [0.5, 0.6) is 0 Å². The fourth-order valence-corrected chi connectivity index (χ4v) is 7.70. The molecule has 9 nitrogen and oxygen atoms in total. The van der Waals surface area contributed by atoms with Gasteiger partial charge in [-0.15, -0.1) is 0 Å². The van der Waals surface area contributed by atoms with Crippen molar-refractivity contribution < 1.29 is 31.5 Å². The molecule has 6 aromatic rings. The van der Waals surface area contributed by atoms with E-state index in [1.54, 1.807) is 96.0 Å². The number of halogens is 5. The zero-order valence-corrected chi connectivity index (χ0v) is 32.6. The van der Waals surface area contributed by atoms with Crippen molar-refractivity contribution >= 4 is 11.8 Å². The third-order valence-corrected chi connectivity index (χ3v) is 11.1. The molecule has 2 aromatic heterocycles. The van der Waals surface area contributed by atoms with Gasteiger partial charge in [0.1, 0.15) is 40.7 Å². The molecule has 4 heterocycles. The van der Waals surface area contributed by atoms with Crippen LogP contribution >= 0.6 is 0 Å². The van der Waals surface area contributed by atoms with Crippen molar-refractivity contribution in [3.05, 3.63) is 155 Å². The normalized spacial score (nSPS) is 14.9. The summed E-state index contributed by atoms with van der Waals surface area (Å²) < 4.78 is 65.9. The minimum Gasteiger partial charge on any atom is -0.339 e. The van der Waals surface area contributed by atoms with Crippen molar-refractivity contribution in [2.45, 2.75) is 44.7 Å². The average Bonchev–Trinajstić information content (AvgIpc) is 3.95. The van der Waals surface area contributed by atoms with Crippen molar-refractivity contribution in [3.8, 4) is 28.3 Å². The van der Waals surface area contributed by atoms with E-state index in [1.165, 1.54) is 12.1 Å². The van der Waals surface area contributed by atoms with Crippen LogP contribution in [0, 0.1) is 34.8 Å². The van der Waals surface area contributed by atoms with Crippen molar-refractivity contribution in [1.29, 1.82) is 5.26 Å². The van der Waals surface area contributed by atoms with E-state index in [9.17, 15) is 31.5 Å². The predicted octanol–water partition coefficient (Wildman–Crippen LogP) is 9.51. The molecule has 2 saturated heterocycles. The molecule has 0 radical (unpaired) electrons. The molecular weight excluding hydrogens is 778 g/mol. The van der Waals surface area contributed by atoms with Crippen LogP contribution in [0.2, 0.25) is 0 Å². The molecular formula is C46H42F5N7O2. The molecule has 0 unspecified atom stereocenters. The van der Waals surface area contributed by atoms with Crippen molar-refractivity contribution in [2.24, 2.45) is 11.8 Å². The van der Waals surface area contributed by atoms with Crippen molar-refractivity contribution in [2.75, 3.05) is 26.2 Å². The number of imidazole rings is 2. The van der Waals surface area contributed by atoms with Gasteiger partial charge in [0.15, 0.2) is 0 Å². The zero-order valence-electron chi connectivity index (χ0n) is 32.6. The number of likely N-dealkylation sites (tertiary alicyclic amines) is 2. The number of nitriles is 1. The van der Waals surface area contributed by atoms with E-state index in [4.69, 9.17) is 5.26 Å². The summed E-state index contributed by atoms with van der Waals surface area (Å²) in [4.78, 5) is 42.7. The van der Waals surface area contributed by atoms with Gasteiger partial charge in [0.2, 0.25) is 0 Å². The van der Waals surface area contributed by atoms with Gasteiger partial charge in [-0.05, 0) is 85.0 Å². The van der Waals surface area contributed by atoms with Crippen LogP contribution in [0.15, 0.2) is 109 Å². The van der Waals surface area contributed by atoms with Crippen LogP contribution in [-0.4, -0.2) is 67.7 Å². The number of carbonyl (C=O) groups is 2. The van der Waals surface area contributed by atoms with E-state index in [1.807, 2.05) is 4.90 Å². The number of nitrogens with zero attached hydrogens (tertiary/aromatic N) is 5. The Hall–Kier alpha value is -6.62. The maximum Gasteiger partial charge on any atom is 0.432 e. The number of amides is 2. The Bertz CT molecular complexity index is 2440. The number of carbonyl (C=O) groups excluding carboxylic acids is 2. The standard InChI is InChI=1S/C23H21F4N3O.C23H21FN4O/c24-19-4-2-1-3-18(19)16-5-7-17(8-6-16)22(31)30-11-9-15(10-12-30)13-21-28-14-20(29-21)23(25,26)27;24-21-4-2-1-3-20(21)17-5-7-18(8-6-17)23(29)28-11-9-16(10-12-28)13-22-26-15-19(14-25)27-22/h1-8,14-15H,9-13H2,(H,28,29);1-8,15-16H,9-13H2,(H,26,27). The monoisotopic (exact) mass is 819 g/mol. The van der Waals surface area contributed by atoms with Gasteiger partial charge in [0.25, 0.3) is 11.8 Å². The Morgan fingerprint density at radius 3 is 1.43 bits per heavy atom. The van der Waals surface area contributed by atoms with Crippen LogP contribution in [0.4, 0.5) is 22.0 Å².